The van der Waals surface area contributed by atoms with Gasteiger partial charge >= 0.3 is 0 Å². The van der Waals surface area contributed by atoms with Crippen molar-refractivity contribution < 1.29 is 28.5 Å². The fourth-order valence-corrected chi connectivity index (χ4v) is 4.25. The molecule has 0 fully saturated rings. The fourth-order valence-electron chi connectivity index (χ4n) is 4.25. The summed E-state index contributed by atoms with van der Waals surface area (Å²) in [6, 6.07) is 17.0. The van der Waals surface area contributed by atoms with E-state index >= 15 is 0 Å². The van der Waals surface area contributed by atoms with Gasteiger partial charge in [-0.2, -0.15) is 0 Å². The van der Waals surface area contributed by atoms with Gasteiger partial charge in [0.05, 0.1) is 21.3 Å². The van der Waals surface area contributed by atoms with Crippen LogP contribution in [0.2, 0.25) is 0 Å². The van der Waals surface area contributed by atoms with E-state index < -0.39 is 0 Å². The predicted molar refractivity (Wildman–Crippen MR) is 121 cm³/mol. The molecule has 170 valence electrons. The van der Waals surface area contributed by atoms with Gasteiger partial charge in [-0.3, -0.25) is 4.79 Å². The van der Waals surface area contributed by atoms with Crippen LogP contribution in [0.25, 0.3) is 0 Å². The van der Waals surface area contributed by atoms with Crippen LogP contribution < -0.4 is 29.0 Å². The molecule has 8 heteroatoms. The smallest absolute Gasteiger partial charge is 0.256 e. The van der Waals surface area contributed by atoms with Crippen LogP contribution in [0.4, 0.5) is 5.69 Å². The lowest BCUT2D eigenvalue weighted by Crippen LogP contribution is -2.31. The Hall–Kier alpha value is -4.07. The summed E-state index contributed by atoms with van der Waals surface area (Å²) in [6.07, 6.45) is -0.387. The predicted octanol–water partition coefficient (Wildman–Crippen LogP) is 4.21. The summed E-state index contributed by atoms with van der Waals surface area (Å²) in [6.45, 7) is 0.602. The molecule has 3 aromatic rings. The number of carbonyl (C=O) groups excluding carboxylic acids is 1. The highest BCUT2D eigenvalue weighted by atomic mass is 16.7. The topological polar surface area (TPSA) is 78.5 Å². The van der Waals surface area contributed by atoms with E-state index in [-0.39, 0.29) is 18.9 Å². The Kier molecular flexibility index (Phi) is 5.34. The third kappa shape index (κ3) is 3.63. The first-order valence-corrected chi connectivity index (χ1v) is 10.5. The molecule has 0 radical (unpaired) electrons. The van der Waals surface area contributed by atoms with Crippen molar-refractivity contribution in [3.63, 3.8) is 0 Å². The van der Waals surface area contributed by atoms with E-state index in [1.807, 2.05) is 54.6 Å². The SMILES string of the molecule is COc1cc(N[C@@H]2c3ccccc3C(=O)N2Cc2ccc3c(c2)OCO3)cc(OC)c1OC. The van der Waals surface area contributed by atoms with Crippen molar-refractivity contribution in [1.29, 1.82) is 0 Å². The standard InChI is InChI=1S/C25H24N2O6/c1-29-21-11-16(12-22(30-2)23(21)31-3)26-24-17-6-4-5-7-18(17)25(28)27(24)13-15-8-9-19-20(10-15)33-14-32-19/h4-12,24,26H,13-14H2,1-3H3/t24-/m0/s1. The monoisotopic (exact) mass is 448 g/mol. The second-order valence-electron chi connectivity index (χ2n) is 7.67. The first-order valence-electron chi connectivity index (χ1n) is 10.5. The Balaban J connectivity index is 1.50. The molecule has 8 nitrogen and oxygen atoms in total. The first kappa shape index (κ1) is 20.8. The van der Waals surface area contributed by atoms with E-state index in [2.05, 4.69) is 5.32 Å². The molecule has 33 heavy (non-hydrogen) atoms. The fraction of sp³-hybridized carbons (Fsp3) is 0.240. The van der Waals surface area contributed by atoms with Gasteiger partial charge in [0.15, 0.2) is 23.0 Å². The van der Waals surface area contributed by atoms with Crippen LogP contribution in [0.15, 0.2) is 54.6 Å². The van der Waals surface area contributed by atoms with E-state index in [0.29, 0.717) is 40.9 Å². The Morgan fingerprint density at radius 3 is 2.39 bits per heavy atom. The molecular weight excluding hydrogens is 424 g/mol. The van der Waals surface area contributed by atoms with E-state index in [0.717, 1.165) is 16.8 Å². The van der Waals surface area contributed by atoms with Crippen LogP contribution in [-0.4, -0.2) is 38.9 Å². The summed E-state index contributed by atoms with van der Waals surface area (Å²) in [5.74, 6) is 2.91. The number of ether oxygens (including phenoxy) is 5. The van der Waals surface area contributed by atoms with Crippen LogP contribution in [0.5, 0.6) is 28.7 Å². The molecule has 2 aliphatic heterocycles. The van der Waals surface area contributed by atoms with Crippen molar-refractivity contribution in [2.24, 2.45) is 0 Å². The molecule has 0 aromatic heterocycles. The average molecular weight is 448 g/mol. The van der Waals surface area contributed by atoms with Crippen molar-refractivity contribution >= 4 is 11.6 Å². The third-order valence-electron chi connectivity index (χ3n) is 5.82. The maximum atomic E-state index is 13.3. The summed E-state index contributed by atoms with van der Waals surface area (Å²) in [4.78, 5) is 15.1. The Bertz CT molecular complexity index is 1190. The van der Waals surface area contributed by atoms with Crippen LogP contribution in [0.1, 0.15) is 27.7 Å². The second-order valence-corrected chi connectivity index (χ2v) is 7.67. The van der Waals surface area contributed by atoms with E-state index in [1.165, 1.54) is 0 Å². The van der Waals surface area contributed by atoms with Gasteiger partial charge in [-0.05, 0) is 23.8 Å². The quantitative estimate of drug-likeness (QED) is 0.580. The van der Waals surface area contributed by atoms with Crippen molar-refractivity contribution in [2.75, 3.05) is 33.4 Å². The number of hydrogen-bond acceptors (Lipinski definition) is 7. The molecule has 0 unspecified atom stereocenters. The zero-order valence-electron chi connectivity index (χ0n) is 18.6. The molecule has 5 rings (SSSR count). The number of carbonyl (C=O) groups is 1. The van der Waals surface area contributed by atoms with E-state index in [1.54, 1.807) is 26.2 Å². The lowest BCUT2D eigenvalue weighted by molar-refractivity contribution is 0.0728. The number of anilines is 1. The minimum absolute atomic E-state index is 0.0480. The highest BCUT2D eigenvalue weighted by Crippen LogP contribution is 2.43. The minimum Gasteiger partial charge on any atom is -0.493 e. The van der Waals surface area contributed by atoms with Gasteiger partial charge in [0.1, 0.15) is 6.17 Å². The molecule has 0 spiro atoms. The zero-order valence-corrected chi connectivity index (χ0v) is 18.6. The molecule has 1 amide bonds. The van der Waals surface area contributed by atoms with Crippen LogP contribution >= 0.6 is 0 Å². The molecule has 0 saturated heterocycles. The summed E-state index contributed by atoms with van der Waals surface area (Å²) >= 11 is 0. The molecule has 0 aliphatic carbocycles. The van der Waals surface area contributed by atoms with Crippen LogP contribution in [0, 0.1) is 0 Å². The Morgan fingerprint density at radius 1 is 0.939 bits per heavy atom. The average Bonchev–Trinajstić information content (AvgIpc) is 3.42. The lowest BCUT2D eigenvalue weighted by atomic mass is 10.1. The van der Waals surface area contributed by atoms with Gasteiger partial charge in [0, 0.05) is 35.5 Å². The summed E-state index contributed by atoms with van der Waals surface area (Å²) in [5, 5.41) is 3.48. The molecule has 2 aliphatic rings. The lowest BCUT2D eigenvalue weighted by Gasteiger charge is -2.28. The van der Waals surface area contributed by atoms with Gasteiger partial charge in [-0.1, -0.05) is 24.3 Å². The van der Waals surface area contributed by atoms with Gasteiger partial charge in [0.2, 0.25) is 12.5 Å². The van der Waals surface area contributed by atoms with Crippen molar-refractivity contribution in [3.8, 4) is 28.7 Å². The van der Waals surface area contributed by atoms with E-state index in [9.17, 15) is 4.79 Å². The zero-order chi connectivity index (χ0) is 22.9. The Morgan fingerprint density at radius 2 is 1.67 bits per heavy atom. The number of hydrogen-bond donors (Lipinski definition) is 1. The van der Waals surface area contributed by atoms with Crippen molar-refractivity contribution in [2.45, 2.75) is 12.7 Å². The highest BCUT2D eigenvalue weighted by molar-refractivity contribution is 5.99. The summed E-state index contributed by atoms with van der Waals surface area (Å²) in [7, 11) is 4.70. The van der Waals surface area contributed by atoms with Gasteiger partial charge in [-0.15, -0.1) is 0 Å². The molecule has 1 atom stereocenters. The number of methoxy groups -OCH3 is 3. The number of nitrogens with zero attached hydrogens (tertiary/aromatic N) is 1. The van der Waals surface area contributed by atoms with E-state index in [4.69, 9.17) is 23.7 Å². The largest absolute Gasteiger partial charge is 0.493 e. The third-order valence-corrected chi connectivity index (χ3v) is 5.82. The molecule has 0 saturated carbocycles. The van der Waals surface area contributed by atoms with Crippen molar-refractivity contribution in [3.05, 3.63) is 71.3 Å². The van der Waals surface area contributed by atoms with Gasteiger partial charge in [-0.25, -0.2) is 0 Å². The highest BCUT2D eigenvalue weighted by Gasteiger charge is 2.37. The number of rotatable bonds is 7. The van der Waals surface area contributed by atoms with Crippen LogP contribution in [-0.2, 0) is 6.54 Å². The molecular formula is C25H24N2O6. The molecule has 2 heterocycles. The van der Waals surface area contributed by atoms with Crippen molar-refractivity contribution in [1.82, 2.24) is 4.90 Å². The van der Waals surface area contributed by atoms with Gasteiger partial charge < -0.3 is 33.9 Å². The van der Waals surface area contributed by atoms with Gasteiger partial charge in [0.25, 0.3) is 5.91 Å². The summed E-state index contributed by atoms with van der Waals surface area (Å²) in [5.41, 5.74) is 3.24. The Labute approximate surface area is 191 Å². The first-order chi connectivity index (χ1) is 16.1. The number of nitrogens with one attached hydrogen (secondary N) is 1. The minimum atomic E-state index is -0.387. The maximum Gasteiger partial charge on any atom is 0.256 e. The molecule has 1 N–H and O–H groups in total. The van der Waals surface area contributed by atoms with Crippen LogP contribution in [0.3, 0.4) is 0 Å². The number of fused-ring (bicyclic) bond motifs is 2. The maximum absolute atomic E-state index is 13.3. The second kappa shape index (κ2) is 8.46. The number of benzene rings is 3. The molecule has 0 bridgehead atoms. The molecule has 3 aromatic carbocycles. The number of amides is 1. The normalized spacial score (nSPS) is 15.9. The summed E-state index contributed by atoms with van der Waals surface area (Å²) < 4.78 is 27.3.